The number of aromatic hydroxyl groups is 1. The van der Waals surface area contributed by atoms with E-state index < -0.39 is 5.91 Å². The van der Waals surface area contributed by atoms with E-state index in [9.17, 15) is 9.90 Å². The molecule has 2 rings (SSSR count). The van der Waals surface area contributed by atoms with Crippen LogP contribution in [0.5, 0.6) is 5.75 Å². The Kier molecular flexibility index (Phi) is 2.92. The summed E-state index contributed by atoms with van der Waals surface area (Å²) in [6.07, 6.45) is 0. The lowest BCUT2D eigenvalue weighted by atomic mass is 10.1. The second-order valence-electron chi connectivity index (χ2n) is 3.34. The normalized spacial score (nSPS) is 10.2. The highest BCUT2D eigenvalue weighted by molar-refractivity contribution is 7.09. The maximum absolute atomic E-state index is 11.8. The molecule has 88 valence electrons. The second kappa shape index (κ2) is 4.38. The van der Waals surface area contributed by atoms with E-state index in [0.717, 1.165) is 11.5 Å². The van der Waals surface area contributed by atoms with E-state index in [4.69, 9.17) is 5.73 Å². The monoisotopic (exact) mass is 250 g/mol. The summed E-state index contributed by atoms with van der Waals surface area (Å²) in [4.78, 5) is 15.8. The SMILES string of the molecule is Cc1nsc(NC(=O)c2cccc(N)c2O)n1. The van der Waals surface area contributed by atoms with Gasteiger partial charge in [0.25, 0.3) is 5.91 Å². The number of phenols is 1. The van der Waals surface area contributed by atoms with Gasteiger partial charge in [0, 0.05) is 11.5 Å². The van der Waals surface area contributed by atoms with Crippen LogP contribution in [0.3, 0.4) is 0 Å². The number of hydrogen-bond donors (Lipinski definition) is 3. The van der Waals surface area contributed by atoms with E-state index in [-0.39, 0.29) is 17.0 Å². The first-order valence-corrected chi connectivity index (χ1v) is 5.54. The number of aromatic nitrogens is 2. The number of nitrogens with one attached hydrogen (secondary N) is 1. The molecule has 0 aliphatic carbocycles. The largest absolute Gasteiger partial charge is 0.505 e. The molecular weight excluding hydrogens is 240 g/mol. The number of amides is 1. The molecule has 0 saturated heterocycles. The van der Waals surface area contributed by atoms with Gasteiger partial charge in [-0.25, -0.2) is 4.98 Å². The Morgan fingerprint density at radius 2 is 2.29 bits per heavy atom. The second-order valence-corrected chi connectivity index (χ2v) is 4.10. The van der Waals surface area contributed by atoms with Gasteiger partial charge in [0.1, 0.15) is 5.82 Å². The van der Waals surface area contributed by atoms with Gasteiger partial charge >= 0.3 is 0 Å². The Morgan fingerprint density at radius 1 is 1.53 bits per heavy atom. The molecule has 6 nitrogen and oxygen atoms in total. The molecule has 0 radical (unpaired) electrons. The summed E-state index contributed by atoms with van der Waals surface area (Å²) in [5, 5.41) is 12.6. The van der Waals surface area contributed by atoms with Crippen molar-refractivity contribution in [3.63, 3.8) is 0 Å². The van der Waals surface area contributed by atoms with Crippen molar-refractivity contribution in [2.24, 2.45) is 0 Å². The fourth-order valence-corrected chi connectivity index (χ4v) is 1.83. The van der Waals surface area contributed by atoms with Gasteiger partial charge in [-0.1, -0.05) is 6.07 Å². The predicted octanol–water partition coefficient (Wildman–Crippen LogP) is 1.39. The quantitative estimate of drug-likeness (QED) is 0.552. The average molecular weight is 250 g/mol. The van der Waals surface area contributed by atoms with Gasteiger partial charge in [-0.3, -0.25) is 10.1 Å². The van der Waals surface area contributed by atoms with Crippen molar-refractivity contribution >= 4 is 28.3 Å². The average Bonchev–Trinajstić information content (AvgIpc) is 2.68. The molecule has 0 bridgehead atoms. The number of nitrogen functional groups attached to an aromatic ring is 1. The molecule has 1 aromatic heterocycles. The Morgan fingerprint density at radius 3 is 2.94 bits per heavy atom. The molecule has 0 saturated carbocycles. The summed E-state index contributed by atoms with van der Waals surface area (Å²) in [7, 11) is 0. The third-order valence-corrected chi connectivity index (χ3v) is 2.78. The standard InChI is InChI=1S/C10H10N4O2S/c1-5-12-10(17-14-5)13-9(16)6-3-2-4-7(11)8(6)15/h2-4,15H,11H2,1H3,(H,12,13,14,16). The summed E-state index contributed by atoms with van der Waals surface area (Å²) >= 11 is 1.08. The summed E-state index contributed by atoms with van der Waals surface area (Å²) < 4.78 is 3.93. The van der Waals surface area contributed by atoms with Gasteiger partial charge in [0.2, 0.25) is 5.13 Å². The molecule has 0 unspecified atom stereocenters. The van der Waals surface area contributed by atoms with Gasteiger partial charge in [-0.2, -0.15) is 4.37 Å². The van der Waals surface area contributed by atoms with Gasteiger partial charge < -0.3 is 10.8 Å². The van der Waals surface area contributed by atoms with Crippen molar-refractivity contribution in [2.45, 2.75) is 6.92 Å². The molecule has 4 N–H and O–H groups in total. The first-order chi connectivity index (χ1) is 8.08. The topological polar surface area (TPSA) is 101 Å². The smallest absolute Gasteiger partial charge is 0.261 e. The molecule has 7 heteroatoms. The van der Waals surface area contributed by atoms with Crippen molar-refractivity contribution < 1.29 is 9.90 Å². The number of anilines is 2. The van der Waals surface area contributed by atoms with Gasteiger partial charge in [0.15, 0.2) is 5.75 Å². The van der Waals surface area contributed by atoms with E-state index in [1.807, 2.05) is 0 Å². The lowest BCUT2D eigenvalue weighted by molar-refractivity contribution is 0.102. The number of aryl methyl sites for hydroxylation is 1. The van der Waals surface area contributed by atoms with Crippen LogP contribution in [0.1, 0.15) is 16.2 Å². The van der Waals surface area contributed by atoms with E-state index in [1.165, 1.54) is 12.1 Å². The molecule has 0 aliphatic heterocycles. The van der Waals surface area contributed by atoms with E-state index in [2.05, 4.69) is 14.7 Å². The van der Waals surface area contributed by atoms with Crippen LogP contribution in [0.4, 0.5) is 10.8 Å². The van der Waals surface area contributed by atoms with Crippen molar-refractivity contribution in [3.8, 4) is 5.75 Å². The Balaban J connectivity index is 2.23. The van der Waals surface area contributed by atoms with E-state index in [0.29, 0.717) is 11.0 Å². The lowest BCUT2D eigenvalue weighted by Gasteiger charge is -2.05. The van der Waals surface area contributed by atoms with Crippen LogP contribution in [0, 0.1) is 6.92 Å². The number of carbonyl (C=O) groups excluding carboxylic acids is 1. The molecule has 0 atom stereocenters. The van der Waals surface area contributed by atoms with Crippen LogP contribution in [-0.2, 0) is 0 Å². The zero-order valence-electron chi connectivity index (χ0n) is 8.97. The molecule has 1 aromatic carbocycles. The summed E-state index contributed by atoms with van der Waals surface area (Å²) in [6, 6.07) is 4.59. The third-order valence-electron chi connectivity index (χ3n) is 2.06. The van der Waals surface area contributed by atoms with Crippen molar-refractivity contribution in [1.82, 2.24) is 9.36 Å². The van der Waals surface area contributed by atoms with Gasteiger partial charge in [0.05, 0.1) is 11.3 Å². The van der Waals surface area contributed by atoms with Crippen LogP contribution in [0.2, 0.25) is 0 Å². The van der Waals surface area contributed by atoms with E-state index >= 15 is 0 Å². The number of para-hydroxylation sites is 1. The molecule has 1 amide bonds. The molecule has 2 aromatic rings. The van der Waals surface area contributed by atoms with Crippen molar-refractivity contribution in [2.75, 3.05) is 11.1 Å². The molecular formula is C10H10N4O2S. The third kappa shape index (κ3) is 2.34. The minimum absolute atomic E-state index is 0.109. The van der Waals surface area contributed by atoms with Crippen LogP contribution < -0.4 is 11.1 Å². The summed E-state index contributed by atoms with van der Waals surface area (Å²) in [5.74, 6) is -0.112. The summed E-state index contributed by atoms with van der Waals surface area (Å²) in [6.45, 7) is 1.73. The van der Waals surface area contributed by atoms with Crippen LogP contribution in [-0.4, -0.2) is 20.4 Å². The minimum atomic E-state index is -0.467. The van der Waals surface area contributed by atoms with Crippen LogP contribution in [0.15, 0.2) is 18.2 Å². The zero-order chi connectivity index (χ0) is 12.4. The zero-order valence-corrected chi connectivity index (χ0v) is 9.78. The number of phenolic OH excluding ortho intramolecular Hbond substituents is 1. The number of nitrogens with zero attached hydrogens (tertiary/aromatic N) is 2. The van der Waals surface area contributed by atoms with Gasteiger partial charge in [-0.15, -0.1) is 0 Å². The molecule has 0 fully saturated rings. The Bertz CT molecular complexity index is 567. The molecule has 0 aliphatic rings. The van der Waals surface area contributed by atoms with Crippen LogP contribution in [0.25, 0.3) is 0 Å². The fraction of sp³-hybridized carbons (Fsp3) is 0.100. The molecule has 0 spiro atoms. The van der Waals surface area contributed by atoms with E-state index in [1.54, 1.807) is 13.0 Å². The number of rotatable bonds is 2. The van der Waals surface area contributed by atoms with Crippen molar-refractivity contribution in [1.29, 1.82) is 0 Å². The highest BCUT2D eigenvalue weighted by Gasteiger charge is 2.14. The minimum Gasteiger partial charge on any atom is -0.505 e. The highest BCUT2D eigenvalue weighted by atomic mass is 32.1. The van der Waals surface area contributed by atoms with Crippen LogP contribution >= 0.6 is 11.5 Å². The maximum Gasteiger partial charge on any atom is 0.261 e. The van der Waals surface area contributed by atoms with Crippen molar-refractivity contribution in [3.05, 3.63) is 29.6 Å². The summed E-state index contributed by atoms with van der Waals surface area (Å²) in [5.41, 5.74) is 5.77. The highest BCUT2D eigenvalue weighted by Crippen LogP contribution is 2.25. The molecule has 17 heavy (non-hydrogen) atoms. The first-order valence-electron chi connectivity index (χ1n) is 4.77. The predicted molar refractivity (Wildman–Crippen MR) is 65.1 cm³/mol. The fourth-order valence-electron chi connectivity index (χ4n) is 1.26. The number of hydrogen-bond acceptors (Lipinski definition) is 6. The van der Waals surface area contributed by atoms with Gasteiger partial charge in [-0.05, 0) is 19.1 Å². The lowest BCUT2D eigenvalue weighted by Crippen LogP contribution is -2.12. The Hall–Kier alpha value is -2.15. The first kappa shape index (κ1) is 11.3. The molecule has 1 heterocycles. The number of nitrogens with two attached hydrogens (primary N) is 1. The maximum atomic E-state index is 11.8. The number of carbonyl (C=O) groups is 1. The number of benzene rings is 1. The Labute approximate surface area is 101 Å².